The number of nitrogens with zero attached hydrogens (tertiary/aromatic N) is 6. The molecule has 0 radical (unpaired) electrons. The third-order valence-electron chi connectivity index (χ3n) is 7.46. The molecule has 0 unspecified atom stereocenters. The number of likely N-dealkylation sites (N-methyl/N-ethyl adjacent to an activating group) is 1. The third-order valence-corrected chi connectivity index (χ3v) is 7.46. The van der Waals surface area contributed by atoms with Crippen molar-refractivity contribution in [3.05, 3.63) is 84.3 Å². The molecule has 1 fully saturated rings. The lowest BCUT2D eigenvalue weighted by atomic mass is 9.97. The predicted octanol–water partition coefficient (Wildman–Crippen LogP) is 4.98. The number of aromatic nitrogens is 3. The summed E-state index contributed by atoms with van der Waals surface area (Å²) in [5, 5.41) is 12.5. The normalized spacial score (nSPS) is 15.7. The summed E-state index contributed by atoms with van der Waals surface area (Å²) in [6.07, 6.45) is 3.68. The zero-order valence-corrected chi connectivity index (χ0v) is 22.0. The summed E-state index contributed by atoms with van der Waals surface area (Å²) in [5.41, 5.74) is 6.60. The Balaban J connectivity index is 1.15. The highest BCUT2D eigenvalue weighted by Crippen LogP contribution is 2.39. The van der Waals surface area contributed by atoms with E-state index in [0.717, 1.165) is 72.9 Å². The fraction of sp³-hybridized carbons (Fsp3) is 0.290. The first kappa shape index (κ1) is 24.8. The van der Waals surface area contributed by atoms with Gasteiger partial charge in [0.25, 0.3) is 0 Å². The fourth-order valence-electron chi connectivity index (χ4n) is 5.29. The minimum atomic E-state index is 0.197. The van der Waals surface area contributed by atoms with Gasteiger partial charge in [0.05, 0.1) is 12.2 Å². The van der Waals surface area contributed by atoms with Crippen LogP contribution in [0.1, 0.15) is 24.2 Å². The molecule has 2 aromatic carbocycles. The van der Waals surface area contributed by atoms with Crippen LogP contribution in [-0.4, -0.2) is 59.2 Å². The van der Waals surface area contributed by atoms with Gasteiger partial charge in [-0.15, -0.1) is 0 Å². The molecule has 0 bridgehead atoms. The molecule has 196 valence electrons. The van der Waals surface area contributed by atoms with Gasteiger partial charge in [-0.05, 0) is 36.1 Å². The van der Waals surface area contributed by atoms with Crippen molar-refractivity contribution in [2.45, 2.75) is 25.4 Å². The van der Waals surface area contributed by atoms with Crippen LogP contribution in [0.4, 0.5) is 11.5 Å². The molecule has 4 aromatic rings. The van der Waals surface area contributed by atoms with Gasteiger partial charge in [0.1, 0.15) is 24.2 Å². The van der Waals surface area contributed by atoms with Crippen LogP contribution in [-0.2, 0) is 6.54 Å². The van der Waals surface area contributed by atoms with Crippen LogP contribution in [0, 0.1) is 11.3 Å². The molecule has 0 aliphatic carbocycles. The number of piperidine rings is 1. The van der Waals surface area contributed by atoms with Crippen LogP contribution in [0.3, 0.4) is 0 Å². The first-order valence-electron chi connectivity index (χ1n) is 13.4. The summed E-state index contributed by atoms with van der Waals surface area (Å²) in [5.74, 6) is 1.62. The number of nitriles is 1. The Morgan fingerprint density at radius 1 is 0.974 bits per heavy atom. The Bertz CT molecular complexity index is 1480. The monoisotopic (exact) mass is 517 g/mol. The maximum absolute atomic E-state index is 9.03. The number of fused-ring (bicyclic) bond motifs is 1. The van der Waals surface area contributed by atoms with Gasteiger partial charge in [-0.3, -0.25) is 4.90 Å². The largest absolute Gasteiger partial charge is 0.474 e. The number of pyridine rings is 1. The zero-order chi connectivity index (χ0) is 26.6. The van der Waals surface area contributed by atoms with E-state index in [1.54, 1.807) is 6.20 Å². The lowest BCUT2D eigenvalue weighted by Gasteiger charge is -2.32. The summed E-state index contributed by atoms with van der Waals surface area (Å²) < 4.78 is 5.94. The Morgan fingerprint density at radius 3 is 2.54 bits per heavy atom. The lowest BCUT2D eigenvalue weighted by molar-refractivity contribution is 0.211. The van der Waals surface area contributed by atoms with E-state index in [4.69, 9.17) is 15.0 Å². The zero-order valence-electron chi connectivity index (χ0n) is 22.0. The standard InChI is InChI=1S/C31H31N7O/c1-37-17-18-39-31-27(37)19-26(23-5-3-2-4-6-23)30(36-31)24-9-7-22(8-10-24)21-38-15-12-25(13-16-38)34-28-11-14-33-29(20-32)35-28/h2-11,14,19,25H,12-13,15-18,21H2,1H3,(H,33,34,35). The van der Waals surface area contributed by atoms with Crippen molar-refractivity contribution in [2.75, 3.05) is 43.5 Å². The molecule has 8 nitrogen and oxygen atoms in total. The van der Waals surface area contributed by atoms with Crippen LogP contribution in [0.5, 0.6) is 5.88 Å². The predicted molar refractivity (Wildman–Crippen MR) is 153 cm³/mol. The van der Waals surface area contributed by atoms with Crippen molar-refractivity contribution in [1.29, 1.82) is 5.26 Å². The van der Waals surface area contributed by atoms with Gasteiger partial charge in [0.2, 0.25) is 11.7 Å². The average Bonchev–Trinajstić information content (AvgIpc) is 2.99. The van der Waals surface area contributed by atoms with Crippen LogP contribution in [0.15, 0.2) is 72.9 Å². The summed E-state index contributed by atoms with van der Waals surface area (Å²) in [6, 6.07) is 25.6. The van der Waals surface area contributed by atoms with Crippen LogP contribution < -0.4 is 15.0 Å². The first-order valence-corrected chi connectivity index (χ1v) is 13.4. The molecule has 0 atom stereocenters. The van der Waals surface area contributed by atoms with Crippen molar-refractivity contribution >= 4 is 11.5 Å². The molecule has 2 aliphatic rings. The van der Waals surface area contributed by atoms with Crippen molar-refractivity contribution in [3.63, 3.8) is 0 Å². The molecule has 1 saturated heterocycles. The van der Waals surface area contributed by atoms with Crippen molar-refractivity contribution < 1.29 is 4.74 Å². The number of hydrogen-bond acceptors (Lipinski definition) is 8. The molecular weight excluding hydrogens is 486 g/mol. The molecule has 39 heavy (non-hydrogen) atoms. The Morgan fingerprint density at radius 2 is 1.77 bits per heavy atom. The SMILES string of the molecule is CN1CCOc2nc(-c3ccc(CN4CCC(Nc5ccnc(C#N)n5)CC4)cc3)c(-c3ccccc3)cc21. The van der Waals surface area contributed by atoms with E-state index in [9.17, 15) is 0 Å². The van der Waals surface area contributed by atoms with E-state index >= 15 is 0 Å². The summed E-state index contributed by atoms with van der Waals surface area (Å²) in [6.45, 7) is 4.42. The lowest BCUT2D eigenvalue weighted by Crippen LogP contribution is -2.38. The summed E-state index contributed by atoms with van der Waals surface area (Å²) in [7, 11) is 2.09. The first-order chi connectivity index (χ1) is 19.2. The molecule has 8 heteroatoms. The van der Waals surface area contributed by atoms with Gasteiger partial charge in [0.15, 0.2) is 0 Å². The van der Waals surface area contributed by atoms with Gasteiger partial charge in [-0.25, -0.2) is 15.0 Å². The number of anilines is 2. The van der Waals surface area contributed by atoms with Crippen LogP contribution in [0.2, 0.25) is 0 Å². The Kier molecular flexibility index (Phi) is 7.07. The smallest absolute Gasteiger partial charge is 0.238 e. The molecule has 0 saturated carbocycles. The fourth-order valence-corrected chi connectivity index (χ4v) is 5.29. The maximum Gasteiger partial charge on any atom is 0.238 e. The number of rotatable bonds is 6. The highest BCUT2D eigenvalue weighted by molar-refractivity contribution is 5.84. The average molecular weight is 518 g/mol. The van der Waals surface area contributed by atoms with Gasteiger partial charge in [-0.1, -0.05) is 54.6 Å². The van der Waals surface area contributed by atoms with Crippen LogP contribution >= 0.6 is 0 Å². The molecule has 2 aliphatic heterocycles. The molecule has 0 amide bonds. The molecular formula is C31H31N7O. The third kappa shape index (κ3) is 5.54. The van der Waals surface area contributed by atoms with Gasteiger partial charge < -0.3 is 15.0 Å². The van der Waals surface area contributed by atoms with E-state index in [1.165, 1.54) is 5.56 Å². The van der Waals surface area contributed by atoms with E-state index in [1.807, 2.05) is 18.2 Å². The molecule has 0 spiro atoms. The highest BCUT2D eigenvalue weighted by Gasteiger charge is 2.22. The van der Waals surface area contributed by atoms with E-state index in [2.05, 4.69) is 86.7 Å². The molecule has 4 heterocycles. The number of nitrogens with one attached hydrogen (secondary N) is 1. The molecule has 1 N–H and O–H groups in total. The van der Waals surface area contributed by atoms with Crippen LogP contribution in [0.25, 0.3) is 22.4 Å². The van der Waals surface area contributed by atoms with E-state index in [-0.39, 0.29) is 5.82 Å². The number of likely N-dealkylation sites (tertiary alicyclic amines) is 1. The molecule has 6 rings (SSSR count). The number of hydrogen-bond donors (Lipinski definition) is 1. The Labute approximate surface area is 228 Å². The number of ether oxygens (including phenoxy) is 1. The van der Waals surface area contributed by atoms with Gasteiger partial charge >= 0.3 is 0 Å². The molecule has 2 aromatic heterocycles. The van der Waals surface area contributed by atoms with Crippen molar-refractivity contribution in [2.24, 2.45) is 0 Å². The quantitative estimate of drug-likeness (QED) is 0.383. The van der Waals surface area contributed by atoms with Crippen molar-refractivity contribution in [1.82, 2.24) is 19.9 Å². The van der Waals surface area contributed by atoms with Crippen molar-refractivity contribution in [3.8, 4) is 34.3 Å². The summed E-state index contributed by atoms with van der Waals surface area (Å²) in [4.78, 5) is 17.9. The topological polar surface area (TPSA) is 90.2 Å². The van der Waals surface area contributed by atoms with E-state index in [0.29, 0.717) is 18.5 Å². The minimum absolute atomic E-state index is 0.197. The second-order valence-corrected chi connectivity index (χ2v) is 10.1. The second kappa shape index (κ2) is 11.1. The summed E-state index contributed by atoms with van der Waals surface area (Å²) >= 11 is 0. The second-order valence-electron chi connectivity index (χ2n) is 10.1. The van der Waals surface area contributed by atoms with Gasteiger partial charge in [-0.2, -0.15) is 5.26 Å². The van der Waals surface area contributed by atoms with E-state index < -0.39 is 0 Å². The number of benzene rings is 2. The Hall–Kier alpha value is -4.48. The highest BCUT2D eigenvalue weighted by atomic mass is 16.5. The van der Waals surface area contributed by atoms with Gasteiger partial charge in [0, 0.05) is 50.0 Å². The maximum atomic E-state index is 9.03. The minimum Gasteiger partial charge on any atom is -0.474 e.